The molecule has 0 fully saturated rings. The van der Waals surface area contributed by atoms with Crippen LogP contribution in [0.3, 0.4) is 0 Å². The van der Waals surface area contributed by atoms with E-state index in [-0.39, 0.29) is 12.5 Å². The van der Waals surface area contributed by atoms with Crippen molar-refractivity contribution in [3.63, 3.8) is 0 Å². The third kappa shape index (κ3) is 8.23. The van der Waals surface area contributed by atoms with Gasteiger partial charge in [0.15, 0.2) is 6.61 Å². The predicted octanol–water partition coefficient (Wildman–Crippen LogP) is 5.21. The van der Waals surface area contributed by atoms with E-state index < -0.39 is 0 Å². The summed E-state index contributed by atoms with van der Waals surface area (Å²) in [4.78, 5) is 12.4. The third-order valence-corrected chi connectivity index (χ3v) is 4.34. The van der Waals surface area contributed by atoms with Gasteiger partial charge in [0.25, 0.3) is 5.91 Å². The Morgan fingerprint density at radius 3 is 2.33 bits per heavy atom. The fourth-order valence-electron chi connectivity index (χ4n) is 2.62. The van der Waals surface area contributed by atoms with E-state index in [1.54, 1.807) is 19.2 Å². The molecule has 2 N–H and O–H groups in total. The zero-order chi connectivity index (χ0) is 21.9. The van der Waals surface area contributed by atoms with Gasteiger partial charge in [-0.05, 0) is 42.5 Å². The summed E-state index contributed by atoms with van der Waals surface area (Å²) >= 11 is 0. The smallest absolute Gasteiger partial charge is 0.262 e. The third-order valence-electron chi connectivity index (χ3n) is 4.34. The number of nitrogens with one attached hydrogen (secondary N) is 2. The maximum Gasteiger partial charge on any atom is 0.262 e. The molecule has 0 aromatic heterocycles. The van der Waals surface area contributed by atoms with Crippen LogP contribution in [-0.2, 0) is 4.79 Å². The number of rotatable bonds is 12. The summed E-state index contributed by atoms with van der Waals surface area (Å²) in [5.74, 6) is 2.87. The summed E-state index contributed by atoms with van der Waals surface area (Å²) in [6, 6.07) is 12.8. The maximum atomic E-state index is 12.4. The number of amides is 1. The summed E-state index contributed by atoms with van der Waals surface area (Å²) in [6.07, 6.45) is 0.995. The summed E-state index contributed by atoms with van der Waals surface area (Å²) in [5, 5.41) is 6.32. The lowest BCUT2D eigenvalue weighted by atomic mass is 10.1. The Bertz CT molecular complexity index is 806. The minimum absolute atomic E-state index is 0.0938. The Morgan fingerprint density at radius 1 is 0.900 bits per heavy atom. The number of methoxy groups -OCH3 is 1. The molecule has 0 aliphatic heterocycles. The Kier molecular flexibility index (Phi) is 9.32. The first-order valence-corrected chi connectivity index (χ1v) is 10.4. The highest BCUT2D eigenvalue weighted by Gasteiger charge is 2.11. The van der Waals surface area contributed by atoms with Crippen LogP contribution in [0.5, 0.6) is 17.2 Å². The minimum atomic E-state index is -0.237. The van der Waals surface area contributed by atoms with E-state index in [4.69, 9.17) is 14.2 Å². The average Bonchev–Trinajstić information content (AvgIpc) is 2.72. The van der Waals surface area contributed by atoms with Gasteiger partial charge in [-0.3, -0.25) is 4.79 Å². The molecule has 0 radical (unpaired) electrons. The van der Waals surface area contributed by atoms with E-state index in [1.165, 1.54) is 0 Å². The number of hydrogen-bond acceptors (Lipinski definition) is 5. The summed E-state index contributed by atoms with van der Waals surface area (Å²) < 4.78 is 16.6. The van der Waals surface area contributed by atoms with Crippen molar-refractivity contribution in [2.45, 2.75) is 34.1 Å². The topological polar surface area (TPSA) is 68.8 Å². The fraction of sp³-hybridized carbons (Fsp3) is 0.458. The number of carbonyl (C=O) groups is 1. The first kappa shape index (κ1) is 23.4. The molecule has 0 aliphatic rings. The highest BCUT2D eigenvalue weighted by atomic mass is 16.5. The normalized spacial score (nSPS) is 10.8. The molecule has 0 bridgehead atoms. The van der Waals surface area contributed by atoms with Gasteiger partial charge in [0.2, 0.25) is 0 Å². The fourth-order valence-corrected chi connectivity index (χ4v) is 2.62. The van der Waals surface area contributed by atoms with Crippen LogP contribution in [0, 0.1) is 11.8 Å². The van der Waals surface area contributed by atoms with Gasteiger partial charge in [0.1, 0.15) is 17.2 Å². The van der Waals surface area contributed by atoms with E-state index in [1.807, 2.05) is 30.3 Å². The first-order valence-electron chi connectivity index (χ1n) is 10.4. The lowest BCUT2D eigenvalue weighted by Crippen LogP contribution is -2.21. The molecular formula is C24H34N2O4. The molecule has 0 saturated carbocycles. The van der Waals surface area contributed by atoms with Gasteiger partial charge in [-0.15, -0.1) is 0 Å². The van der Waals surface area contributed by atoms with Crippen LogP contribution in [0.1, 0.15) is 34.1 Å². The largest absolute Gasteiger partial charge is 0.497 e. The summed E-state index contributed by atoms with van der Waals surface area (Å²) in [7, 11) is 1.59. The molecule has 6 heteroatoms. The number of hydrogen-bond donors (Lipinski definition) is 2. The number of carbonyl (C=O) groups excluding carboxylic acids is 1. The molecule has 2 aromatic rings. The Morgan fingerprint density at radius 2 is 1.63 bits per heavy atom. The molecule has 1 amide bonds. The Labute approximate surface area is 179 Å². The van der Waals surface area contributed by atoms with Gasteiger partial charge in [-0.1, -0.05) is 33.8 Å². The zero-order valence-corrected chi connectivity index (χ0v) is 18.7. The van der Waals surface area contributed by atoms with Crippen molar-refractivity contribution < 1.29 is 19.0 Å². The first-order chi connectivity index (χ1) is 14.4. The Balaban J connectivity index is 2.01. The van der Waals surface area contributed by atoms with Gasteiger partial charge in [-0.2, -0.15) is 0 Å². The minimum Gasteiger partial charge on any atom is -0.497 e. The second-order valence-electron chi connectivity index (χ2n) is 8.03. The van der Waals surface area contributed by atoms with Crippen LogP contribution >= 0.6 is 0 Å². The lowest BCUT2D eigenvalue weighted by molar-refractivity contribution is -0.118. The van der Waals surface area contributed by atoms with Crippen molar-refractivity contribution in [3.8, 4) is 17.2 Å². The molecule has 0 atom stereocenters. The molecular weight excluding hydrogens is 380 g/mol. The van der Waals surface area contributed by atoms with Crippen molar-refractivity contribution in [1.82, 2.24) is 0 Å². The van der Waals surface area contributed by atoms with E-state index in [9.17, 15) is 4.79 Å². The standard InChI is InChI=1S/C24H34N2O4/c1-17(2)11-12-29-21-9-10-22(23(14-21)25-15-18(3)4)26-24(27)16-30-20-8-6-7-19(13-20)28-5/h6-10,13-14,17-18,25H,11-12,15-16H2,1-5H3,(H,26,27). The van der Waals surface area contributed by atoms with Crippen molar-refractivity contribution in [2.75, 3.05) is 37.5 Å². The van der Waals surface area contributed by atoms with Crippen molar-refractivity contribution in [2.24, 2.45) is 11.8 Å². The monoisotopic (exact) mass is 414 g/mol. The number of benzene rings is 2. The second-order valence-corrected chi connectivity index (χ2v) is 8.03. The molecule has 0 heterocycles. The van der Waals surface area contributed by atoms with Crippen molar-refractivity contribution in [3.05, 3.63) is 42.5 Å². The van der Waals surface area contributed by atoms with Crippen molar-refractivity contribution in [1.29, 1.82) is 0 Å². The predicted molar refractivity (Wildman–Crippen MR) is 122 cm³/mol. The molecule has 0 saturated heterocycles. The van der Waals surface area contributed by atoms with Crippen LogP contribution in [0.2, 0.25) is 0 Å². The summed E-state index contributed by atoms with van der Waals surface area (Å²) in [5.41, 5.74) is 1.53. The highest BCUT2D eigenvalue weighted by molar-refractivity contribution is 5.95. The summed E-state index contributed by atoms with van der Waals surface area (Å²) in [6.45, 7) is 9.98. The molecule has 2 aromatic carbocycles. The Hall–Kier alpha value is -2.89. The molecule has 0 spiro atoms. The molecule has 0 aliphatic carbocycles. The van der Waals surface area contributed by atoms with Crippen LogP contribution in [0.25, 0.3) is 0 Å². The average molecular weight is 415 g/mol. The zero-order valence-electron chi connectivity index (χ0n) is 18.7. The van der Waals surface area contributed by atoms with Gasteiger partial charge in [0, 0.05) is 18.7 Å². The van der Waals surface area contributed by atoms with Gasteiger partial charge in [0.05, 0.1) is 25.1 Å². The van der Waals surface area contributed by atoms with Crippen LogP contribution < -0.4 is 24.8 Å². The lowest BCUT2D eigenvalue weighted by Gasteiger charge is -2.17. The van der Waals surface area contributed by atoms with Gasteiger partial charge >= 0.3 is 0 Å². The van der Waals surface area contributed by atoms with E-state index in [0.717, 1.165) is 24.4 Å². The molecule has 164 valence electrons. The molecule has 6 nitrogen and oxygen atoms in total. The van der Waals surface area contributed by atoms with Crippen LogP contribution in [0.4, 0.5) is 11.4 Å². The van der Waals surface area contributed by atoms with E-state index in [0.29, 0.717) is 35.6 Å². The molecule has 30 heavy (non-hydrogen) atoms. The van der Waals surface area contributed by atoms with Crippen LogP contribution in [-0.4, -0.2) is 32.8 Å². The SMILES string of the molecule is COc1cccc(OCC(=O)Nc2ccc(OCCC(C)C)cc2NCC(C)C)c1. The van der Waals surface area contributed by atoms with E-state index >= 15 is 0 Å². The number of anilines is 2. The van der Waals surface area contributed by atoms with Gasteiger partial charge < -0.3 is 24.8 Å². The van der Waals surface area contributed by atoms with E-state index in [2.05, 4.69) is 38.3 Å². The van der Waals surface area contributed by atoms with Crippen molar-refractivity contribution >= 4 is 17.3 Å². The second kappa shape index (κ2) is 12.0. The van der Waals surface area contributed by atoms with Crippen LogP contribution in [0.15, 0.2) is 42.5 Å². The molecule has 0 unspecified atom stereocenters. The maximum absolute atomic E-state index is 12.4. The molecule has 2 rings (SSSR count). The van der Waals surface area contributed by atoms with Gasteiger partial charge in [-0.25, -0.2) is 0 Å². The quantitative estimate of drug-likeness (QED) is 0.499. The number of ether oxygens (including phenoxy) is 3. The highest BCUT2D eigenvalue weighted by Crippen LogP contribution is 2.28.